The first kappa shape index (κ1) is 20.8. The summed E-state index contributed by atoms with van der Waals surface area (Å²) < 4.78 is 8.29. The second-order valence-electron chi connectivity index (χ2n) is 7.27. The van der Waals surface area contributed by atoms with Gasteiger partial charge in [0.15, 0.2) is 0 Å². The highest BCUT2D eigenvalue weighted by molar-refractivity contribution is 7.13. The van der Waals surface area contributed by atoms with Gasteiger partial charge in [0.05, 0.1) is 22.8 Å². The van der Waals surface area contributed by atoms with Gasteiger partial charge in [0.25, 0.3) is 5.89 Å². The van der Waals surface area contributed by atoms with Gasteiger partial charge in [-0.15, -0.1) is 16.4 Å². The largest absolute Gasteiger partial charge is 0.437 e. The lowest BCUT2D eigenvalue weighted by Crippen LogP contribution is -2.29. The fourth-order valence-corrected chi connectivity index (χ4v) is 4.03. The first-order valence-corrected chi connectivity index (χ1v) is 10.8. The Morgan fingerprint density at radius 3 is 2.61 bits per heavy atom. The van der Waals surface area contributed by atoms with Crippen LogP contribution in [0.3, 0.4) is 0 Å². The number of aryl methyl sites for hydroxylation is 2. The molecule has 4 rings (SSSR count). The maximum absolute atomic E-state index is 12.7. The Kier molecular flexibility index (Phi) is 5.85. The Labute approximate surface area is 183 Å². The Bertz CT molecular complexity index is 1240. The molecule has 0 spiro atoms. The van der Waals surface area contributed by atoms with E-state index in [0.717, 1.165) is 27.5 Å². The molecule has 0 unspecified atom stereocenters. The van der Waals surface area contributed by atoms with Crippen LogP contribution in [0.1, 0.15) is 23.4 Å². The molecule has 8 nitrogen and oxygen atoms in total. The van der Waals surface area contributed by atoms with Gasteiger partial charge < -0.3 is 9.32 Å². The minimum atomic E-state index is -0.560. The van der Waals surface area contributed by atoms with E-state index in [1.807, 2.05) is 66.4 Å². The molecular formula is C22H23N5O3S. The number of hydrogen-bond acceptors (Lipinski definition) is 6. The van der Waals surface area contributed by atoms with E-state index in [9.17, 15) is 9.59 Å². The average molecular weight is 438 g/mol. The second-order valence-corrected chi connectivity index (χ2v) is 8.22. The molecule has 4 aromatic rings. The third-order valence-corrected chi connectivity index (χ3v) is 6.00. The molecule has 0 N–H and O–H groups in total. The van der Waals surface area contributed by atoms with Crippen LogP contribution >= 0.6 is 11.3 Å². The quantitative estimate of drug-likeness (QED) is 0.442. The Balaban J connectivity index is 1.42. The van der Waals surface area contributed by atoms with Crippen molar-refractivity contribution in [3.63, 3.8) is 0 Å². The highest BCUT2D eigenvalue weighted by atomic mass is 32.1. The van der Waals surface area contributed by atoms with Gasteiger partial charge in [-0.1, -0.05) is 24.3 Å². The molecule has 0 aliphatic heterocycles. The zero-order chi connectivity index (χ0) is 22.0. The van der Waals surface area contributed by atoms with E-state index in [2.05, 4.69) is 10.2 Å². The number of para-hydroxylation sites is 1. The fraction of sp³-hybridized carbons (Fsp3) is 0.273. The summed E-state index contributed by atoms with van der Waals surface area (Å²) in [4.78, 5) is 27.2. The Morgan fingerprint density at radius 1 is 1.13 bits per heavy atom. The average Bonchev–Trinajstić information content (AvgIpc) is 3.49. The van der Waals surface area contributed by atoms with Crippen molar-refractivity contribution < 1.29 is 9.21 Å². The smallest absolute Gasteiger partial charge is 0.387 e. The number of thiophene rings is 1. The minimum Gasteiger partial charge on any atom is -0.387 e. The maximum atomic E-state index is 12.7. The first-order valence-electron chi connectivity index (χ1n) is 9.90. The van der Waals surface area contributed by atoms with Crippen LogP contribution in [0.4, 0.5) is 0 Å². The number of hydrogen-bond donors (Lipinski definition) is 0. The summed E-state index contributed by atoms with van der Waals surface area (Å²) in [6.45, 7) is 4.55. The van der Waals surface area contributed by atoms with E-state index >= 15 is 0 Å². The van der Waals surface area contributed by atoms with E-state index < -0.39 is 5.76 Å². The van der Waals surface area contributed by atoms with Crippen LogP contribution < -0.4 is 5.76 Å². The number of aromatic nitrogens is 4. The zero-order valence-electron chi connectivity index (χ0n) is 17.6. The van der Waals surface area contributed by atoms with Gasteiger partial charge in [-0.25, -0.2) is 9.48 Å². The van der Waals surface area contributed by atoms with E-state index in [1.54, 1.807) is 11.9 Å². The molecule has 1 amide bonds. The van der Waals surface area contributed by atoms with E-state index in [4.69, 9.17) is 4.42 Å². The summed E-state index contributed by atoms with van der Waals surface area (Å²) in [6, 6.07) is 13.6. The molecule has 0 radical (unpaired) electrons. The molecule has 0 aliphatic rings. The topological polar surface area (TPSA) is 86.2 Å². The first-order chi connectivity index (χ1) is 14.9. The van der Waals surface area contributed by atoms with Gasteiger partial charge in [-0.2, -0.15) is 9.78 Å². The van der Waals surface area contributed by atoms with Crippen LogP contribution in [-0.2, 0) is 17.9 Å². The fourth-order valence-electron chi connectivity index (χ4n) is 3.39. The van der Waals surface area contributed by atoms with Gasteiger partial charge in [0.2, 0.25) is 5.91 Å². The van der Waals surface area contributed by atoms with Crippen molar-refractivity contribution in [2.45, 2.75) is 33.4 Å². The third-order valence-electron chi connectivity index (χ3n) is 5.14. The molecule has 0 atom stereocenters. The van der Waals surface area contributed by atoms with Gasteiger partial charge in [-0.05, 0) is 37.4 Å². The summed E-state index contributed by atoms with van der Waals surface area (Å²) in [5, 5.41) is 10.7. The molecule has 0 saturated carbocycles. The highest BCUT2D eigenvalue weighted by Gasteiger charge is 2.18. The van der Waals surface area contributed by atoms with Crippen LogP contribution in [0.25, 0.3) is 16.5 Å². The van der Waals surface area contributed by atoms with E-state index in [0.29, 0.717) is 6.54 Å². The SMILES string of the molecule is Cc1nn(-c2ccccc2)c(C)c1CN(C)C(=O)CCn1nc(-c2cccs2)oc1=O. The van der Waals surface area contributed by atoms with Crippen molar-refractivity contribution in [2.24, 2.45) is 0 Å². The van der Waals surface area contributed by atoms with Crippen molar-refractivity contribution >= 4 is 17.2 Å². The summed E-state index contributed by atoms with van der Waals surface area (Å²) in [5.41, 5.74) is 3.87. The van der Waals surface area contributed by atoms with Crippen molar-refractivity contribution in [1.82, 2.24) is 24.5 Å². The molecule has 0 bridgehead atoms. The molecule has 9 heteroatoms. The molecule has 0 aliphatic carbocycles. The lowest BCUT2D eigenvalue weighted by atomic mass is 10.2. The van der Waals surface area contributed by atoms with Crippen molar-refractivity contribution in [3.8, 4) is 16.5 Å². The molecule has 31 heavy (non-hydrogen) atoms. The summed E-state index contributed by atoms with van der Waals surface area (Å²) in [6.07, 6.45) is 0.151. The van der Waals surface area contributed by atoms with Crippen LogP contribution in [0.15, 0.2) is 57.1 Å². The molecule has 0 fully saturated rings. The number of carbonyl (C=O) groups excluding carboxylic acids is 1. The number of rotatable bonds is 7. The van der Waals surface area contributed by atoms with Crippen LogP contribution in [0, 0.1) is 13.8 Å². The number of amides is 1. The van der Waals surface area contributed by atoms with Crippen LogP contribution in [0.2, 0.25) is 0 Å². The monoisotopic (exact) mass is 437 g/mol. The number of nitrogens with zero attached hydrogens (tertiary/aromatic N) is 5. The summed E-state index contributed by atoms with van der Waals surface area (Å²) in [5.74, 6) is -0.367. The zero-order valence-corrected chi connectivity index (χ0v) is 18.4. The lowest BCUT2D eigenvalue weighted by molar-refractivity contribution is -0.130. The standard InChI is InChI=1S/C22H23N5O3S/c1-15-18(16(2)27(23-15)17-8-5-4-6-9-17)14-25(3)20(28)11-12-26-22(29)30-21(24-26)19-10-7-13-31-19/h4-10,13H,11-12,14H2,1-3H3. The third kappa shape index (κ3) is 4.36. The highest BCUT2D eigenvalue weighted by Crippen LogP contribution is 2.21. The lowest BCUT2D eigenvalue weighted by Gasteiger charge is -2.17. The molecule has 0 saturated heterocycles. The number of benzene rings is 1. The Morgan fingerprint density at radius 2 is 1.90 bits per heavy atom. The Hall–Kier alpha value is -3.46. The van der Waals surface area contributed by atoms with Crippen molar-refractivity contribution in [2.75, 3.05) is 7.05 Å². The van der Waals surface area contributed by atoms with Gasteiger partial charge >= 0.3 is 5.76 Å². The second kappa shape index (κ2) is 8.73. The number of carbonyl (C=O) groups is 1. The maximum Gasteiger partial charge on any atom is 0.437 e. The van der Waals surface area contributed by atoms with E-state index in [-0.39, 0.29) is 24.8 Å². The predicted octanol–water partition coefficient (Wildman–Crippen LogP) is 3.42. The molecule has 3 aromatic heterocycles. The van der Waals surface area contributed by atoms with Gasteiger partial charge in [0, 0.05) is 31.3 Å². The normalized spacial score (nSPS) is 11.1. The minimum absolute atomic E-state index is 0.0844. The van der Waals surface area contributed by atoms with Crippen molar-refractivity contribution in [1.29, 1.82) is 0 Å². The molecular weight excluding hydrogens is 414 g/mol. The van der Waals surface area contributed by atoms with Crippen molar-refractivity contribution in [3.05, 3.63) is 75.3 Å². The predicted molar refractivity (Wildman–Crippen MR) is 118 cm³/mol. The summed E-state index contributed by atoms with van der Waals surface area (Å²) in [7, 11) is 1.75. The molecule has 1 aromatic carbocycles. The van der Waals surface area contributed by atoms with Crippen LogP contribution in [-0.4, -0.2) is 37.4 Å². The van der Waals surface area contributed by atoms with Crippen LogP contribution in [0.5, 0.6) is 0 Å². The molecule has 160 valence electrons. The van der Waals surface area contributed by atoms with Gasteiger partial charge in [-0.3, -0.25) is 4.79 Å². The van der Waals surface area contributed by atoms with E-state index in [1.165, 1.54) is 16.0 Å². The molecule has 3 heterocycles. The summed E-state index contributed by atoms with van der Waals surface area (Å²) >= 11 is 1.44. The van der Waals surface area contributed by atoms with Gasteiger partial charge in [0.1, 0.15) is 0 Å².